The summed E-state index contributed by atoms with van der Waals surface area (Å²) >= 11 is 3.16. The number of carbonyl (C=O) groups excluding carboxylic acids is 1. The van der Waals surface area contributed by atoms with Crippen LogP contribution < -0.4 is 14.4 Å². The smallest absolute Gasteiger partial charge is 0.251 e. The van der Waals surface area contributed by atoms with Gasteiger partial charge in [0.15, 0.2) is 0 Å². The number of amides is 1. The van der Waals surface area contributed by atoms with Crippen LogP contribution in [-0.2, 0) is 16.6 Å². The number of nitrogens with zero attached hydrogens (tertiary/aromatic N) is 1. The first-order chi connectivity index (χ1) is 15.2. The molecule has 0 aliphatic rings. The summed E-state index contributed by atoms with van der Waals surface area (Å²) in [6.07, 6.45) is 1.02. The number of anilines is 1. The lowest BCUT2D eigenvalue weighted by molar-refractivity contribution is 0.0947. The highest BCUT2D eigenvalue weighted by Crippen LogP contribution is 2.26. The van der Waals surface area contributed by atoms with E-state index >= 15 is 0 Å². The summed E-state index contributed by atoms with van der Waals surface area (Å²) in [5, 5.41) is 2.77. The fourth-order valence-corrected chi connectivity index (χ4v) is 4.17. The van der Waals surface area contributed by atoms with Gasteiger partial charge in [-0.2, -0.15) is 0 Å². The largest absolute Gasteiger partial charge is 0.492 e. The summed E-state index contributed by atoms with van der Waals surface area (Å²) in [4.78, 5) is 12.3. The summed E-state index contributed by atoms with van der Waals surface area (Å²) in [7, 11) is -3.73. The predicted octanol–water partition coefficient (Wildman–Crippen LogP) is 4.36. The first-order valence-electron chi connectivity index (χ1n) is 9.72. The third-order valence-electron chi connectivity index (χ3n) is 4.52. The van der Waals surface area contributed by atoms with Gasteiger partial charge in [-0.15, -0.1) is 0 Å². The Balaban J connectivity index is 1.61. The van der Waals surface area contributed by atoms with Gasteiger partial charge in [0.05, 0.1) is 25.0 Å². The molecule has 0 saturated carbocycles. The zero-order valence-corrected chi connectivity index (χ0v) is 19.7. The molecule has 1 N–H and O–H groups in total. The number of halogens is 2. The van der Waals surface area contributed by atoms with Crippen LogP contribution in [0.4, 0.5) is 10.1 Å². The van der Waals surface area contributed by atoms with E-state index in [1.807, 2.05) is 30.3 Å². The first-order valence-corrected chi connectivity index (χ1v) is 12.4. The molecule has 0 saturated heterocycles. The van der Waals surface area contributed by atoms with Gasteiger partial charge in [-0.25, -0.2) is 12.8 Å². The number of carbonyl (C=O) groups is 1. The highest BCUT2D eigenvalue weighted by Gasteiger charge is 2.21. The molecule has 168 valence electrons. The number of benzene rings is 3. The molecule has 1 amide bonds. The molecule has 0 aromatic heterocycles. The fourth-order valence-electron chi connectivity index (χ4n) is 2.94. The van der Waals surface area contributed by atoms with E-state index in [9.17, 15) is 17.6 Å². The normalized spacial score (nSPS) is 11.1. The molecule has 0 bridgehead atoms. The lowest BCUT2D eigenvalue weighted by Gasteiger charge is -2.23. The average Bonchev–Trinajstić information content (AvgIpc) is 2.76. The van der Waals surface area contributed by atoms with Crippen LogP contribution in [0.2, 0.25) is 0 Å². The van der Waals surface area contributed by atoms with Crippen molar-refractivity contribution >= 4 is 37.5 Å². The van der Waals surface area contributed by atoms with Crippen molar-refractivity contribution in [3.63, 3.8) is 0 Å². The Morgan fingerprint density at radius 3 is 2.38 bits per heavy atom. The van der Waals surface area contributed by atoms with Crippen molar-refractivity contribution in [2.75, 3.05) is 23.7 Å². The van der Waals surface area contributed by atoms with E-state index in [4.69, 9.17) is 4.74 Å². The van der Waals surface area contributed by atoms with E-state index in [1.165, 1.54) is 12.1 Å². The maximum atomic E-state index is 14.4. The highest BCUT2D eigenvalue weighted by molar-refractivity contribution is 9.10. The molecule has 3 aromatic rings. The highest BCUT2D eigenvalue weighted by atomic mass is 79.9. The van der Waals surface area contributed by atoms with Crippen molar-refractivity contribution in [3.05, 3.63) is 94.2 Å². The molecular weight excluding hydrogens is 499 g/mol. The number of rotatable bonds is 9. The summed E-state index contributed by atoms with van der Waals surface area (Å²) in [6, 6.07) is 20.0. The van der Waals surface area contributed by atoms with Gasteiger partial charge in [0.1, 0.15) is 18.2 Å². The maximum Gasteiger partial charge on any atom is 0.251 e. The van der Waals surface area contributed by atoms with Gasteiger partial charge in [-0.1, -0.05) is 46.3 Å². The maximum absolute atomic E-state index is 14.4. The molecule has 0 atom stereocenters. The number of sulfonamides is 1. The zero-order valence-electron chi connectivity index (χ0n) is 17.3. The van der Waals surface area contributed by atoms with Crippen molar-refractivity contribution in [2.45, 2.75) is 6.54 Å². The number of para-hydroxylation sites is 1. The summed E-state index contributed by atoms with van der Waals surface area (Å²) in [5.41, 5.74) is 0.992. The van der Waals surface area contributed by atoms with Gasteiger partial charge in [-0.3, -0.25) is 9.10 Å². The molecule has 0 heterocycles. The molecule has 0 spiro atoms. The van der Waals surface area contributed by atoms with Crippen LogP contribution in [-0.4, -0.2) is 33.7 Å². The Bertz CT molecular complexity index is 1170. The third kappa shape index (κ3) is 6.54. The first kappa shape index (κ1) is 23.7. The van der Waals surface area contributed by atoms with E-state index < -0.39 is 15.8 Å². The molecule has 3 aromatic carbocycles. The predicted molar refractivity (Wildman–Crippen MR) is 126 cm³/mol. The minimum atomic E-state index is -3.73. The van der Waals surface area contributed by atoms with Crippen molar-refractivity contribution in [1.29, 1.82) is 0 Å². The number of hydrogen-bond acceptors (Lipinski definition) is 4. The summed E-state index contributed by atoms with van der Waals surface area (Å²) in [6.45, 7) is 0.598. The van der Waals surface area contributed by atoms with Gasteiger partial charge in [0.2, 0.25) is 10.0 Å². The van der Waals surface area contributed by atoms with Gasteiger partial charge in [-0.05, 0) is 48.0 Å². The van der Waals surface area contributed by atoms with E-state index in [2.05, 4.69) is 21.2 Å². The fraction of sp³-hybridized carbons (Fsp3) is 0.174. The van der Waals surface area contributed by atoms with Crippen LogP contribution >= 0.6 is 15.9 Å². The lowest BCUT2D eigenvalue weighted by atomic mass is 10.1. The van der Waals surface area contributed by atoms with E-state index in [-0.39, 0.29) is 18.1 Å². The third-order valence-corrected chi connectivity index (χ3v) is 6.14. The molecule has 0 radical (unpaired) electrons. The van der Waals surface area contributed by atoms with Crippen LogP contribution in [0.15, 0.2) is 77.3 Å². The second-order valence-corrected chi connectivity index (χ2v) is 9.80. The SMILES string of the molecule is CS(=O)(=O)N(Cc1ccc(C(=O)NCCOc2ccccc2)cc1)c1ccc(Br)cc1F. The second-order valence-electron chi connectivity index (χ2n) is 6.98. The molecule has 6 nitrogen and oxygen atoms in total. The molecule has 0 aliphatic heterocycles. The average molecular weight is 521 g/mol. The molecule has 0 aliphatic carbocycles. The Kier molecular flexibility index (Phi) is 7.87. The van der Waals surface area contributed by atoms with Crippen molar-refractivity contribution in [2.24, 2.45) is 0 Å². The second kappa shape index (κ2) is 10.6. The Morgan fingerprint density at radius 2 is 1.75 bits per heavy atom. The minimum absolute atomic E-state index is 0.0454. The van der Waals surface area contributed by atoms with Gasteiger partial charge in [0, 0.05) is 10.0 Å². The van der Waals surface area contributed by atoms with Crippen LogP contribution in [0, 0.1) is 5.82 Å². The number of nitrogens with one attached hydrogen (secondary N) is 1. The number of ether oxygens (including phenoxy) is 1. The monoisotopic (exact) mass is 520 g/mol. The Labute approximate surface area is 195 Å². The Morgan fingerprint density at radius 1 is 1.06 bits per heavy atom. The molecular formula is C23H22BrFN2O4S. The van der Waals surface area contributed by atoms with E-state index in [1.54, 1.807) is 30.3 Å². The van der Waals surface area contributed by atoms with Crippen LogP contribution in [0.5, 0.6) is 5.75 Å². The number of hydrogen-bond donors (Lipinski definition) is 1. The van der Waals surface area contributed by atoms with Crippen LogP contribution in [0.3, 0.4) is 0 Å². The van der Waals surface area contributed by atoms with E-state index in [0.717, 1.165) is 16.3 Å². The standard InChI is InChI=1S/C23H22BrFN2O4S/c1-32(29,30)27(22-12-11-19(24)15-21(22)25)16-17-7-9-18(10-8-17)23(28)26-13-14-31-20-5-3-2-4-6-20/h2-12,15H,13-14,16H2,1H3,(H,26,28). The topological polar surface area (TPSA) is 75.7 Å². The van der Waals surface area contributed by atoms with Gasteiger partial charge < -0.3 is 10.1 Å². The zero-order chi connectivity index (χ0) is 23.1. The molecule has 0 fully saturated rings. The van der Waals surface area contributed by atoms with Gasteiger partial charge in [0.25, 0.3) is 5.91 Å². The molecule has 3 rings (SSSR count). The van der Waals surface area contributed by atoms with Crippen molar-refractivity contribution in [3.8, 4) is 5.75 Å². The summed E-state index contributed by atoms with van der Waals surface area (Å²) < 4.78 is 45.9. The van der Waals surface area contributed by atoms with Crippen LogP contribution in [0.1, 0.15) is 15.9 Å². The Hall–Kier alpha value is -2.91. The molecule has 32 heavy (non-hydrogen) atoms. The van der Waals surface area contributed by atoms with E-state index in [0.29, 0.717) is 28.8 Å². The molecule has 0 unspecified atom stereocenters. The molecule has 9 heteroatoms. The summed E-state index contributed by atoms with van der Waals surface area (Å²) in [5.74, 6) is -0.200. The quantitative estimate of drug-likeness (QED) is 0.425. The lowest BCUT2D eigenvalue weighted by Crippen LogP contribution is -2.30. The minimum Gasteiger partial charge on any atom is -0.492 e. The van der Waals surface area contributed by atoms with Crippen LogP contribution in [0.25, 0.3) is 0 Å². The van der Waals surface area contributed by atoms with Crippen molar-refractivity contribution < 1.29 is 22.3 Å². The van der Waals surface area contributed by atoms with Crippen molar-refractivity contribution in [1.82, 2.24) is 5.32 Å². The van der Waals surface area contributed by atoms with Gasteiger partial charge >= 0.3 is 0 Å².